The van der Waals surface area contributed by atoms with E-state index >= 15 is 0 Å². The number of aromatic nitrogens is 1. The summed E-state index contributed by atoms with van der Waals surface area (Å²) in [7, 11) is 0. The highest BCUT2D eigenvalue weighted by Crippen LogP contribution is 2.22. The lowest BCUT2D eigenvalue weighted by Gasteiger charge is -2.14. The number of nitrogens with one attached hydrogen (secondary N) is 2. The van der Waals surface area contributed by atoms with Crippen LogP contribution in [-0.4, -0.2) is 21.9 Å². The zero-order valence-corrected chi connectivity index (χ0v) is 13.4. The Morgan fingerprint density at radius 3 is 2.67 bits per heavy atom. The van der Waals surface area contributed by atoms with Crippen molar-refractivity contribution in [1.29, 1.82) is 0 Å². The van der Waals surface area contributed by atoms with Gasteiger partial charge in [0.15, 0.2) is 0 Å². The maximum atomic E-state index is 11.8. The number of rotatable bonds is 6. The van der Waals surface area contributed by atoms with Gasteiger partial charge in [-0.2, -0.15) is 0 Å². The topological polar surface area (TPSA) is 106 Å². The fraction of sp³-hybridized carbons (Fsp3) is 0.250. The summed E-state index contributed by atoms with van der Waals surface area (Å²) in [6.45, 7) is 3.98. The third kappa shape index (κ3) is 4.42. The largest absolute Gasteiger partial charge is 0.382 e. The Balaban J connectivity index is 2.11. The maximum absolute atomic E-state index is 11.8. The second kappa shape index (κ2) is 7.40. The third-order valence-corrected chi connectivity index (χ3v) is 3.33. The number of anilines is 2. The monoisotopic (exact) mass is 330 g/mol. The zero-order chi connectivity index (χ0) is 17.7. The number of nitrogens with zero attached hydrogens (tertiary/aromatic N) is 2. The number of benzene rings is 1. The predicted octanol–water partition coefficient (Wildman–Crippen LogP) is 2.14. The molecule has 0 aliphatic carbocycles. The fourth-order valence-electron chi connectivity index (χ4n) is 2.22. The molecule has 2 aromatic rings. The molecule has 2 rings (SSSR count). The van der Waals surface area contributed by atoms with Gasteiger partial charge < -0.3 is 15.2 Å². The van der Waals surface area contributed by atoms with Crippen LogP contribution in [0.15, 0.2) is 41.3 Å². The number of aryl methyl sites for hydroxylation is 1. The molecule has 0 unspecified atom stereocenters. The molecule has 1 amide bonds. The number of hydrogen-bond donors (Lipinski definition) is 2. The second-order valence-electron chi connectivity index (χ2n) is 5.33. The van der Waals surface area contributed by atoms with E-state index in [1.807, 2.05) is 19.1 Å². The number of nitro groups is 1. The summed E-state index contributed by atoms with van der Waals surface area (Å²) < 4.78 is 1.28. The van der Waals surface area contributed by atoms with Crippen LogP contribution in [0.4, 0.5) is 17.1 Å². The first-order valence-electron chi connectivity index (χ1n) is 7.34. The summed E-state index contributed by atoms with van der Waals surface area (Å²) in [6.07, 6.45) is 1.22. The molecule has 0 aliphatic rings. The van der Waals surface area contributed by atoms with E-state index < -0.39 is 4.92 Å². The van der Waals surface area contributed by atoms with Gasteiger partial charge in [-0.05, 0) is 24.6 Å². The van der Waals surface area contributed by atoms with E-state index in [1.54, 1.807) is 6.07 Å². The highest BCUT2D eigenvalue weighted by Gasteiger charge is 2.08. The molecule has 1 heterocycles. The molecule has 0 atom stereocenters. The van der Waals surface area contributed by atoms with Crippen molar-refractivity contribution < 1.29 is 9.72 Å². The van der Waals surface area contributed by atoms with Crippen molar-refractivity contribution in [3.8, 4) is 0 Å². The highest BCUT2D eigenvalue weighted by molar-refractivity contribution is 5.92. The van der Waals surface area contributed by atoms with Crippen LogP contribution in [0.3, 0.4) is 0 Å². The van der Waals surface area contributed by atoms with Crippen molar-refractivity contribution in [2.45, 2.75) is 20.4 Å². The Bertz CT molecular complexity index is 829. The second-order valence-corrected chi connectivity index (χ2v) is 5.33. The summed E-state index contributed by atoms with van der Waals surface area (Å²) in [5.41, 5.74) is 1.93. The Morgan fingerprint density at radius 1 is 1.25 bits per heavy atom. The van der Waals surface area contributed by atoms with E-state index in [0.717, 1.165) is 11.3 Å². The fourth-order valence-corrected chi connectivity index (χ4v) is 2.22. The normalized spacial score (nSPS) is 10.2. The van der Waals surface area contributed by atoms with Crippen LogP contribution in [0.2, 0.25) is 0 Å². The van der Waals surface area contributed by atoms with Crippen LogP contribution in [0, 0.1) is 17.0 Å². The Labute approximate surface area is 138 Å². The number of carbonyl (C=O) groups excluding carboxylic acids is 1. The molecule has 8 nitrogen and oxygen atoms in total. The summed E-state index contributed by atoms with van der Waals surface area (Å²) in [5, 5.41) is 16.6. The minimum Gasteiger partial charge on any atom is -0.382 e. The molecule has 0 saturated carbocycles. The molecular weight excluding hydrogens is 312 g/mol. The van der Waals surface area contributed by atoms with Crippen molar-refractivity contribution in [3.05, 3.63) is 62.6 Å². The summed E-state index contributed by atoms with van der Waals surface area (Å²) in [4.78, 5) is 33.2. The van der Waals surface area contributed by atoms with E-state index in [1.165, 1.54) is 29.8 Å². The molecule has 126 valence electrons. The Hall–Kier alpha value is -3.16. The molecular formula is C16H18N4O4. The lowest BCUT2D eigenvalue weighted by atomic mass is 10.2. The standard InChI is InChI=1S/C16H18N4O4/c1-11-3-5-14(18-12(2)21)15(9-11)17-7-8-19-10-13(20(23)24)4-6-16(19)22/h3-6,9-10,17H,7-8H2,1-2H3,(H,18,21). The molecule has 24 heavy (non-hydrogen) atoms. The van der Waals surface area contributed by atoms with Crippen LogP contribution in [-0.2, 0) is 11.3 Å². The van der Waals surface area contributed by atoms with Crippen LogP contribution < -0.4 is 16.2 Å². The molecule has 0 fully saturated rings. The smallest absolute Gasteiger partial charge is 0.285 e. The summed E-state index contributed by atoms with van der Waals surface area (Å²) in [6, 6.07) is 7.90. The van der Waals surface area contributed by atoms with Crippen molar-refractivity contribution in [2.75, 3.05) is 17.2 Å². The Kier molecular flexibility index (Phi) is 5.31. The van der Waals surface area contributed by atoms with Crippen LogP contribution in [0.25, 0.3) is 0 Å². The van der Waals surface area contributed by atoms with Crippen LogP contribution >= 0.6 is 0 Å². The molecule has 0 saturated heterocycles. The van der Waals surface area contributed by atoms with Crippen molar-refractivity contribution in [3.63, 3.8) is 0 Å². The van der Waals surface area contributed by atoms with Gasteiger partial charge in [-0.3, -0.25) is 19.7 Å². The number of hydrogen-bond acceptors (Lipinski definition) is 5. The van der Waals surface area contributed by atoms with Crippen molar-refractivity contribution in [1.82, 2.24) is 4.57 Å². The molecule has 2 N–H and O–H groups in total. The highest BCUT2D eigenvalue weighted by atomic mass is 16.6. The molecule has 8 heteroatoms. The SMILES string of the molecule is CC(=O)Nc1ccc(C)cc1NCCn1cc([N+](=O)[O-])ccc1=O. The van der Waals surface area contributed by atoms with Crippen LogP contribution in [0.5, 0.6) is 0 Å². The lowest BCUT2D eigenvalue weighted by Crippen LogP contribution is -2.23. The summed E-state index contributed by atoms with van der Waals surface area (Å²) >= 11 is 0. The van der Waals surface area contributed by atoms with Crippen molar-refractivity contribution in [2.24, 2.45) is 0 Å². The van der Waals surface area contributed by atoms with E-state index in [-0.39, 0.29) is 23.7 Å². The number of amides is 1. The number of pyridine rings is 1. The van der Waals surface area contributed by atoms with E-state index in [2.05, 4.69) is 10.6 Å². The van der Waals surface area contributed by atoms with Gasteiger partial charge >= 0.3 is 0 Å². The summed E-state index contributed by atoms with van der Waals surface area (Å²) in [5.74, 6) is -0.184. The maximum Gasteiger partial charge on any atom is 0.285 e. The van der Waals surface area contributed by atoms with Gasteiger partial charge in [-0.15, -0.1) is 0 Å². The number of carbonyl (C=O) groups is 1. The van der Waals surface area contributed by atoms with Gasteiger partial charge in [-0.25, -0.2) is 0 Å². The molecule has 1 aromatic carbocycles. The van der Waals surface area contributed by atoms with Crippen molar-refractivity contribution >= 4 is 23.0 Å². The Morgan fingerprint density at radius 2 is 2.00 bits per heavy atom. The molecule has 0 radical (unpaired) electrons. The minimum atomic E-state index is -0.543. The average Bonchev–Trinajstić information content (AvgIpc) is 2.51. The van der Waals surface area contributed by atoms with E-state index in [4.69, 9.17) is 0 Å². The van der Waals surface area contributed by atoms with E-state index in [9.17, 15) is 19.7 Å². The molecule has 1 aromatic heterocycles. The molecule has 0 spiro atoms. The van der Waals surface area contributed by atoms with Gasteiger partial charge in [0.2, 0.25) is 5.91 Å². The van der Waals surface area contributed by atoms with Gasteiger partial charge in [0.05, 0.1) is 22.5 Å². The quantitative estimate of drug-likeness (QED) is 0.623. The van der Waals surface area contributed by atoms with Gasteiger partial charge in [0.25, 0.3) is 11.2 Å². The molecule has 0 aliphatic heterocycles. The van der Waals surface area contributed by atoms with Gasteiger partial charge in [0.1, 0.15) is 0 Å². The zero-order valence-electron chi connectivity index (χ0n) is 13.4. The predicted molar refractivity (Wildman–Crippen MR) is 91.3 cm³/mol. The van der Waals surface area contributed by atoms with Gasteiger partial charge in [-0.1, -0.05) is 6.07 Å². The first kappa shape index (κ1) is 17.2. The third-order valence-electron chi connectivity index (χ3n) is 3.33. The lowest BCUT2D eigenvalue weighted by molar-refractivity contribution is -0.385. The van der Waals surface area contributed by atoms with E-state index in [0.29, 0.717) is 12.2 Å². The van der Waals surface area contributed by atoms with Crippen LogP contribution in [0.1, 0.15) is 12.5 Å². The minimum absolute atomic E-state index is 0.135. The average molecular weight is 330 g/mol. The first-order chi connectivity index (χ1) is 11.4. The molecule has 0 bridgehead atoms. The first-order valence-corrected chi connectivity index (χ1v) is 7.34. The van der Waals surface area contributed by atoms with Gasteiger partial charge in [0, 0.05) is 32.1 Å².